The first-order chi connectivity index (χ1) is 9.74. The van der Waals surface area contributed by atoms with Crippen LogP contribution in [-0.4, -0.2) is 33.2 Å². The first-order valence-corrected chi connectivity index (χ1v) is 7.28. The molecule has 114 valence electrons. The van der Waals surface area contributed by atoms with E-state index in [0.717, 1.165) is 17.9 Å². The summed E-state index contributed by atoms with van der Waals surface area (Å²) in [5, 5.41) is 0. The molecule has 0 amide bonds. The Kier molecular flexibility index (Phi) is 8.07. The first kappa shape index (κ1) is 16.8. The molecule has 0 N–H and O–H groups in total. The largest absolute Gasteiger partial charge is 0.493 e. The highest BCUT2D eigenvalue weighted by Crippen LogP contribution is 2.28. The summed E-state index contributed by atoms with van der Waals surface area (Å²) < 4.78 is 22.1. The number of aryl methyl sites for hydroxylation is 1. The smallest absolute Gasteiger partial charge is 0.161 e. The van der Waals surface area contributed by atoms with Crippen LogP contribution in [0.15, 0.2) is 18.2 Å². The number of benzene rings is 1. The Hall–Kier alpha value is -1.26. The van der Waals surface area contributed by atoms with Crippen LogP contribution in [0.2, 0.25) is 0 Å². The van der Waals surface area contributed by atoms with E-state index in [1.807, 2.05) is 26.0 Å². The lowest BCUT2D eigenvalue weighted by Gasteiger charge is -2.18. The molecular formula is C16H26O4. The van der Waals surface area contributed by atoms with E-state index in [9.17, 15) is 0 Å². The van der Waals surface area contributed by atoms with Crippen molar-refractivity contribution in [1.82, 2.24) is 0 Å². The third kappa shape index (κ3) is 5.39. The van der Waals surface area contributed by atoms with Crippen LogP contribution in [0.25, 0.3) is 0 Å². The van der Waals surface area contributed by atoms with E-state index in [2.05, 4.69) is 13.0 Å². The molecular weight excluding hydrogens is 256 g/mol. The van der Waals surface area contributed by atoms with Gasteiger partial charge in [-0.1, -0.05) is 13.0 Å². The molecule has 0 saturated heterocycles. The Morgan fingerprint density at radius 2 is 1.70 bits per heavy atom. The van der Waals surface area contributed by atoms with Gasteiger partial charge in [0.1, 0.15) is 0 Å². The van der Waals surface area contributed by atoms with Gasteiger partial charge in [0, 0.05) is 19.6 Å². The van der Waals surface area contributed by atoms with Gasteiger partial charge in [-0.05, 0) is 38.0 Å². The van der Waals surface area contributed by atoms with Crippen LogP contribution in [-0.2, 0) is 15.9 Å². The van der Waals surface area contributed by atoms with Crippen molar-refractivity contribution in [3.05, 3.63) is 23.8 Å². The Morgan fingerprint density at radius 1 is 1.00 bits per heavy atom. The van der Waals surface area contributed by atoms with E-state index in [-0.39, 0.29) is 6.29 Å². The molecule has 0 aliphatic heterocycles. The molecule has 0 aromatic heterocycles. The fraction of sp³-hybridized carbons (Fsp3) is 0.625. The minimum Gasteiger partial charge on any atom is -0.493 e. The molecule has 20 heavy (non-hydrogen) atoms. The van der Waals surface area contributed by atoms with Crippen LogP contribution in [0, 0.1) is 0 Å². The van der Waals surface area contributed by atoms with Crippen molar-refractivity contribution in [2.24, 2.45) is 0 Å². The lowest BCUT2D eigenvalue weighted by molar-refractivity contribution is -0.142. The van der Waals surface area contributed by atoms with Crippen molar-refractivity contribution < 1.29 is 18.9 Å². The maximum absolute atomic E-state index is 5.77. The number of ether oxygens (including phenoxy) is 4. The van der Waals surface area contributed by atoms with Crippen LogP contribution in [0.1, 0.15) is 32.8 Å². The molecule has 0 radical (unpaired) electrons. The number of hydrogen-bond donors (Lipinski definition) is 0. The van der Waals surface area contributed by atoms with E-state index in [0.29, 0.717) is 26.2 Å². The summed E-state index contributed by atoms with van der Waals surface area (Å²) >= 11 is 0. The molecule has 0 fully saturated rings. The van der Waals surface area contributed by atoms with Gasteiger partial charge in [-0.2, -0.15) is 0 Å². The van der Waals surface area contributed by atoms with Crippen molar-refractivity contribution >= 4 is 0 Å². The molecule has 4 heteroatoms. The van der Waals surface area contributed by atoms with Crippen molar-refractivity contribution in [2.45, 2.75) is 39.9 Å². The molecule has 1 aromatic carbocycles. The topological polar surface area (TPSA) is 36.9 Å². The third-order valence-electron chi connectivity index (χ3n) is 2.95. The summed E-state index contributed by atoms with van der Waals surface area (Å²) in [5.74, 6) is 1.53. The van der Waals surface area contributed by atoms with Crippen LogP contribution in [0.5, 0.6) is 11.5 Å². The van der Waals surface area contributed by atoms with E-state index >= 15 is 0 Å². The van der Waals surface area contributed by atoms with Gasteiger partial charge in [-0.15, -0.1) is 0 Å². The van der Waals surface area contributed by atoms with Gasteiger partial charge in [-0.3, -0.25) is 0 Å². The van der Waals surface area contributed by atoms with Gasteiger partial charge in [0.15, 0.2) is 17.8 Å². The summed E-state index contributed by atoms with van der Waals surface area (Å²) in [6, 6.07) is 6.02. The maximum atomic E-state index is 5.77. The molecule has 4 nitrogen and oxygen atoms in total. The number of methoxy groups -OCH3 is 1. The maximum Gasteiger partial charge on any atom is 0.161 e. The lowest BCUT2D eigenvalue weighted by atomic mass is 10.1. The summed E-state index contributed by atoms with van der Waals surface area (Å²) in [5.41, 5.74) is 1.23. The Labute approximate surface area is 122 Å². The highest BCUT2D eigenvalue weighted by Gasteiger charge is 2.10. The van der Waals surface area contributed by atoms with Crippen molar-refractivity contribution in [1.29, 1.82) is 0 Å². The van der Waals surface area contributed by atoms with E-state index in [1.165, 1.54) is 5.56 Å². The van der Waals surface area contributed by atoms with Gasteiger partial charge in [0.25, 0.3) is 0 Å². The second-order valence-corrected chi connectivity index (χ2v) is 4.32. The molecule has 0 unspecified atom stereocenters. The normalized spacial score (nSPS) is 10.8. The number of hydrogen-bond acceptors (Lipinski definition) is 4. The van der Waals surface area contributed by atoms with Crippen LogP contribution >= 0.6 is 0 Å². The zero-order valence-electron chi connectivity index (χ0n) is 13.0. The van der Waals surface area contributed by atoms with Gasteiger partial charge in [0.05, 0.1) is 13.7 Å². The second kappa shape index (κ2) is 9.61. The monoisotopic (exact) mass is 282 g/mol. The zero-order valence-corrected chi connectivity index (χ0v) is 13.0. The van der Waals surface area contributed by atoms with E-state index < -0.39 is 0 Å². The van der Waals surface area contributed by atoms with Crippen LogP contribution in [0.4, 0.5) is 0 Å². The fourth-order valence-corrected chi connectivity index (χ4v) is 1.90. The van der Waals surface area contributed by atoms with Crippen molar-refractivity contribution in [2.75, 3.05) is 26.9 Å². The second-order valence-electron chi connectivity index (χ2n) is 4.32. The minimum atomic E-state index is -0.203. The highest BCUT2D eigenvalue weighted by atomic mass is 16.7. The Bertz CT molecular complexity index is 373. The molecule has 0 bridgehead atoms. The highest BCUT2D eigenvalue weighted by molar-refractivity contribution is 5.42. The molecule has 0 aliphatic rings. The van der Waals surface area contributed by atoms with Gasteiger partial charge < -0.3 is 18.9 Å². The average molecular weight is 282 g/mol. The number of rotatable bonds is 10. The minimum absolute atomic E-state index is 0.203. The molecule has 1 aromatic rings. The Balaban J connectivity index is 2.51. The van der Waals surface area contributed by atoms with Gasteiger partial charge in [-0.25, -0.2) is 0 Å². The first-order valence-electron chi connectivity index (χ1n) is 7.28. The summed E-state index contributed by atoms with van der Waals surface area (Å²) in [7, 11) is 1.66. The standard InChI is InChI=1S/C16H26O4/c1-5-13-8-9-14(15(12-13)17-4)20-11-10-16(18-6-2)19-7-3/h8-9,12,16H,5-7,10-11H2,1-4H3. The predicted octanol–water partition coefficient (Wildman–Crippen LogP) is 3.43. The predicted molar refractivity (Wildman–Crippen MR) is 79.5 cm³/mol. The molecule has 0 saturated carbocycles. The van der Waals surface area contributed by atoms with Crippen LogP contribution < -0.4 is 9.47 Å². The van der Waals surface area contributed by atoms with Gasteiger partial charge >= 0.3 is 0 Å². The van der Waals surface area contributed by atoms with E-state index in [4.69, 9.17) is 18.9 Å². The van der Waals surface area contributed by atoms with Crippen molar-refractivity contribution in [3.63, 3.8) is 0 Å². The lowest BCUT2D eigenvalue weighted by Crippen LogP contribution is -2.20. The van der Waals surface area contributed by atoms with Crippen molar-refractivity contribution in [3.8, 4) is 11.5 Å². The quantitative estimate of drug-likeness (QED) is 0.616. The molecule has 0 heterocycles. The molecule has 0 atom stereocenters. The average Bonchev–Trinajstić information content (AvgIpc) is 2.48. The third-order valence-corrected chi connectivity index (χ3v) is 2.95. The molecule has 1 rings (SSSR count). The van der Waals surface area contributed by atoms with Gasteiger partial charge in [0.2, 0.25) is 0 Å². The van der Waals surface area contributed by atoms with E-state index in [1.54, 1.807) is 7.11 Å². The Morgan fingerprint density at radius 3 is 2.25 bits per heavy atom. The summed E-state index contributed by atoms with van der Waals surface area (Å²) in [4.78, 5) is 0. The zero-order chi connectivity index (χ0) is 14.8. The summed E-state index contributed by atoms with van der Waals surface area (Å²) in [6.45, 7) is 7.84. The summed E-state index contributed by atoms with van der Waals surface area (Å²) in [6.07, 6.45) is 1.47. The van der Waals surface area contributed by atoms with Crippen LogP contribution in [0.3, 0.4) is 0 Å². The molecule has 0 aliphatic carbocycles. The SMILES string of the molecule is CCOC(CCOc1ccc(CC)cc1OC)OCC. The fourth-order valence-electron chi connectivity index (χ4n) is 1.90. The molecule has 0 spiro atoms.